The van der Waals surface area contributed by atoms with E-state index in [9.17, 15) is 4.79 Å². The average Bonchev–Trinajstić information content (AvgIpc) is 2.31. The predicted octanol–water partition coefficient (Wildman–Crippen LogP) is 1.31. The quantitative estimate of drug-likeness (QED) is 0.570. The van der Waals surface area contributed by atoms with Gasteiger partial charge in [0, 0.05) is 5.56 Å². The van der Waals surface area contributed by atoms with Crippen LogP contribution in [0.3, 0.4) is 0 Å². The fourth-order valence-corrected chi connectivity index (χ4v) is 1.55. The van der Waals surface area contributed by atoms with Gasteiger partial charge in [0.15, 0.2) is 11.5 Å². The maximum Gasteiger partial charge on any atom is 0.235 e. The number of methoxy groups -OCH3 is 1. The van der Waals surface area contributed by atoms with Crippen molar-refractivity contribution in [3.05, 3.63) is 23.8 Å². The summed E-state index contributed by atoms with van der Waals surface area (Å²) < 4.78 is 16.0. The van der Waals surface area contributed by atoms with Gasteiger partial charge in [0.25, 0.3) is 0 Å². The van der Waals surface area contributed by atoms with Gasteiger partial charge < -0.3 is 14.2 Å². The first-order chi connectivity index (χ1) is 8.35. The van der Waals surface area contributed by atoms with Crippen molar-refractivity contribution in [1.29, 1.82) is 0 Å². The molecule has 0 saturated carbocycles. The van der Waals surface area contributed by atoms with E-state index in [-0.39, 0.29) is 12.6 Å². The van der Waals surface area contributed by atoms with Crippen LogP contribution in [-0.4, -0.2) is 32.5 Å². The molecular formula is C12H13NO4. The Morgan fingerprint density at radius 3 is 2.94 bits per heavy atom. The number of benzene rings is 1. The SMILES string of the molecule is COc1cccc(CN=C=O)c1OC1COC1. The molecule has 0 aromatic heterocycles. The first-order valence-corrected chi connectivity index (χ1v) is 5.29. The minimum atomic E-state index is 0.0465. The Bertz CT molecular complexity index is 436. The second-order valence-electron chi connectivity index (χ2n) is 3.63. The second-order valence-corrected chi connectivity index (χ2v) is 3.63. The van der Waals surface area contributed by atoms with Crippen LogP contribution in [0, 0.1) is 0 Å². The van der Waals surface area contributed by atoms with Crippen molar-refractivity contribution < 1.29 is 19.0 Å². The van der Waals surface area contributed by atoms with Gasteiger partial charge in [-0.05, 0) is 6.07 Å². The topological polar surface area (TPSA) is 57.1 Å². The Hall–Kier alpha value is -1.84. The van der Waals surface area contributed by atoms with E-state index in [2.05, 4.69) is 4.99 Å². The Morgan fingerprint density at radius 2 is 2.35 bits per heavy atom. The van der Waals surface area contributed by atoms with Crippen LogP contribution in [0.2, 0.25) is 0 Å². The summed E-state index contributed by atoms with van der Waals surface area (Å²) in [5, 5.41) is 0. The average molecular weight is 235 g/mol. The molecule has 0 amide bonds. The van der Waals surface area contributed by atoms with Crippen LogP contribution in [0.15, 0.2) is 23.2 Å². The van der Waals surface area contributed by atoms with Crippen molar-refractivity contribution in [3.63, 3.8) is 0 Å². The molecule has 90 valence electrons. The summed E-state index contributed by atoms with van der Waals surface area (Å²) in [6, 6.07) is 5.49. The summed E-state index contributed by atoms with van der Waals surface area (Å²) in [7, 11) is 1.58. The van der Waals surface area contributed by atoms with E-state index in [0.717, 1.165) is 5.56 Å². The Kier molecular flexibility index (Phi) is 3.75. The standard InChI is InChI=1S/C12H13NO4/c1-15-11-4-2-3-9(5-13-8-14)12(11)17-10-6-16-7-10/h2-4,10H,5-7H2,1H3. The molecule has 0 bridgehead atoms. The van der Waals surface area contributed by atoms with E-state index in [0.29, 0.717) is 24.7 Å². The van der Waals surface area contributed by atoms with Gasteiger partial charge in [0.05, 0.1) is 26.9 Å². The van der Waals surface area contributed by atoms with E-state index in [1.54, 1.807) is 7.11 Å². The molecule has 5 nitrogen and oxygen atoms in total. The van der Waals surface area contributed by atoms with Gasteiger partial charge in [-0.25, -0.2) is 9.79 Å². The zero-order valence-electron chi connectivity index (χ0n) is 9.51. The van der Waals surface area contributed by atoms with Crippen LogP contribution in [0.25, 0.3) is 0 Å². The number of ether oxygens (including phenoxy) is 3. The number of para-hydroxylation sites is 1. The van der Waals surface area contributed by atoms with Crippen molar-refractivity contribution >= 4 is 6.08 Å². The van der Waals surface area contributed by atoms with Crippen LogP contribution >= 0.6 is 0 Å². The lowest BCUT2D eigenvalue weighted by Crippen LogP contribution is -2.38. The largest absolute Gasteiger partial charge is 0.493 e. The highest BCUT2D eigenvalue weighted by Gasteiger charge is 2.23. The molecule has 1 saturated heterocycles. The molecule has 1 aromatic carbocycles. The number of rotatable bonds is 5. The Balaban J connectivity index is 2.24. The van der Waals surface area contributed by atoms with E-state index in [4.69, 9.17) is 14.2 Å². The van der Waals surface area contributed by atoms with Gasteiger partial charge in [-0.1, -0.05) is 12.1 Å². The van der Waals surface area contributed by atoms with Crippen molar-refractivity contribution in [2.24, 2.45) is 4.99 Å². The molecule has 17 heavy (non-hydrogen) atoms. The third-order valence-corrected chi connectivity index (χ3v) is 2.49. The molecule has 1 heterocycles. The molecule has 1 aliphatic rings. The molecule has 0 radical (unpaired) electrons. The maximum atomic E-state index is 10.1. The summed E-state index contributed by atoms with van der Waals surface area (Å²) in [6.45, 7) is 1.40. The first kappa shape index (κ1) is 11.6. The zero-order chi connectivity index (χ0) is 12.1. The van der Waals surface area contributed by atoms with Gasteiger partial charge in [-0.2, -0.15) is 0 Å². The highest BCUT2D eigenvalue weighted by atomic mass is 16.6. The number of aliphatic imine (C=N–C) groups is 1. The van der Waals surface area contributed by atoms with Gasteiger partial charge in [0.2, 0.25) is 6.08 Å². The number of isocyanates is 1. The summed E-state index contributed by atoms with van der Waals surface area (Å²) in [5.41, 5.74) is 0.805. The van der Waals surface area contributed by atoms with Crippen LogP contribution in [0.4, 0.5) is 0 Å². The smallest absolute Gasteiger partial charge is 0.235 e. The number of hydrogen-bond acceptors (Lipinski definition) is 5. The van der Waals surface area contributed by atoms with E-state index >= 15 is 0 Å². The zero-order valence-corrected chi connectivity index (χ0v) is 9.51. The summed E-state index contributed by atoms with van der Waals surface area (Å²) >= 11 is 0. The highest BCUT2D eigenvalue weighted by Crippen LogP contribution is 2.33. The molecule has 0 aliphatic carbocycles. The summed E-state index contributed by atoms with van der Waals surface area (Å²) in [4.78, 5) is 13.7. The van der Waals surface area contributed by atoms with Crippen molar-refractivity contribution in [1.82, 2.24) is 0 Å². The number of carbonyl (C=O) groups excluding carboxylic acids is 1. The van der Waals surface area contributed by atoms with Crippen molar-refractivity contribution in [2.45, 2.75) is 12.6 Å². The fraction of sp³-hybridized carbons (Fsp3) is 0.417. The molecule has 2 rings (SSSR count). The predicted molar refractivity (Wildman–Crippen MR) is 60.1 cm³/mol. The van der Waals surface area contributed by atoms with Crippen LogP contribution in [0.1, 0.15) is 5.56 Å². The van der Waals surface area contributed by atoms with Crippen LogP contribution in [0.5, 0.6) is 11.5 Å². The monoisotopic (exact) mass is 235 g/mol. The third kappa shape index (κ3) is 2.64. The molecule has 0 spiro atoms. The Morgan fingerprint density at radius 1 is 1.53 bits per heavy atom. The second kappa shape index (κ2) is 5.48. The van der Waals surface area contributed by atoms with Crippen LogP contribution in [-0.2, 0) is 16.1 Å². The maximum absolute atomic E-state index is 10.1. The lowest BCUT2D eigenvalue weighted by Gasteiger charge is -2.28. The first-order valence-electron chi connectivity index (χ1n) is 5.29. The van der Waals surface area contributed by atoms with Gasteiger partial charge in [0.1, 0.15) is 6.10 Å². The van der Waals surface area contributed by atoms with Gasteiger partial charge in [-0.15, -0.1) is 0 Å². The van der Waals surface area contributed by atoms with Gasteiger partial charge in [-0.3, -0.25) is 0 Å². The van der Waals surface area contributed by atoms with Crippen molar-refractivity contribution in [2.75, 3.05) is 20.3 Å². The van der Waals surface area contributed by atoms with Crippen molar-refractivity contribution in [3.8, 4) is 11.5 Å². The highest BCUT2D eigenvalue weighted by molar-refractivity contribution is 5.47. The van der Waals surface area contributed by atoms with E-state index < -0.39 is 0 Å². The lowest BCUT2D eigenvalue weighted by atomic mass is 10.1. The molecule has 0 N–H and O–H groups in total. The molecule has 0 atom stereocenters. The van der Waals surface area contributed by atoms with Crippen LogP contribution < -0.4 is 9.47 Å². The molecule has 1 aliphatic heterocycles. The number of hydrogen-bond donors (Lipinski definition) is 0. The fourth-order valence-electron chi connectivity index (χ4n) is 1.55. The normalized spacial score (nSPS) is 14.6. The van der Waals surface area contributed by atoms with E-state index in [1.165, 1.54) is 6.08 Å². The van der Waals surface area contributed by atoms with E-state index in [1.807, 2.05) is 18.2 Å². The lowest BCUT2D eigenvalue weighted by molar-refractivity contribution is -0.0806. The molecule has 1 aromatic rings. The molecule has 1 fully saturated rings. The Labute approximate surface area is 99.0 Å². The molecular weight excluding hydrogens is 222 g/mol. The molecule has 0 unspecified atom stereocenters. The number of nitrogens with zero attached hydrogens (tertiary/aromatic N) is 1. The van der Waals surface area contributed by atoms with Gasteiger partial charge >= 0.3 is 0 Å². The summed E-state index contributed by atoms with van der Waals surface area (Å²) in [6.07, 6.45) is 1.56. The minimum Gasteiger partial charge on any atom is -0.493 e. The third-order valence-electron chi connectivity index (χ3n) is 2.49. The summed E-state index contributed by atoms with van der Waals surface area (Å²) in [5.74, 6) is 1.26. The molecule has 5 heteroatoms. The minimum absolute atomic E-state index is 0.0465.